The first-order chi connectivity index (χ1) is 14.2. The van der Waals surface area contributed by atoms with Crippen molar-refractivity contribution >= 4 is 23.2 Å². The smallest absolute Gasteiger partial charge is 0.257 e. The van der Waals surface area contributed by atoms with E-state index < -0.39 is 0 Å². The summed E-state index contributed by atoms with van der Waals surface area (Å²) in [7, 11) is 0. The molecular formula is C22H17N5O2. The number of carbonyl (C=O) groups excluding carboxylic acids is 2. The van der Waals surface area contributed by atoms with Crippen molar-refractivity contribution < 1.29 is 9.59 Å². The highest BCUT2D eigenvalue weighted by Gasteiger charge is 2.12. The summed E-state index contributed by atoms with van der Waals surface area (Å²) in [6.07, 6.45) is 8.23. The van der Waals surface area contributed by atoms with Crippen LogP contribution in [0.1, 0.15) is 20.7 Å². The maximum absolute atomic E-state index is 12.8. The number of aromatic nitrogens is 3. The van der Waals surface area contributed by atoms with Crippen molar-refractivity contribution in [2.75, 3.05) is 10.6 Å². The molecule has 2 amide bonds. The van der Waals surface area contributed by atoms with E-state index in [2.05, 4.69) is 20.6 Å². The Bertz CT molecular complexity index is 1140. The second kappa shape index (κ2) is 8.18. The molecule has 2 heterocycles. The summed E-state index contributed by atoms with van der Waals surface area (Å²) in [5, 5.41) is 5.70. The number of anilines is 2. The molecule has 0 bridgehead atoms. The number of hydrogen-bond acceptors (Lipinski definition) is 4. The van der Waals surface area contributed by atoms with E-state index in [1.807, 2.05) is 28.8 Å². The number of pyridine rings is 1. The molecule has 7 heteroatoms. The second-order valence-corrected chi connectivity index (χ2v) is 6.22. The minimum atomic E-state index is -0.291. The molecule has 0 aliphatic carbocycles. The van der Waals surface area contributed by atoms with E-state index in [1.165, 1.54) is 6.20 Å². The lowest BCUT2D eigenvalue weighted by molar-refractivity contribution is 0.101. The number of nitrogens with one attached hydrogen (secondary N) is 2. The van der Waals surface area contributed by atoms with Crippen LogP contribution in [-0.4, -0.2) is 26.3 Å². The topological polar surface area (TPSA) is 88.9 Å². The van der Waals surface area contributed by atoms with Gasteiger partial charge in [-0.15, -0.1) is 0 Å². The van der Waals surface area contributed by atoms with Gasteiger partial charge in [-0.2, -0.15) is 0 Å². The average Bonchev–Trinajstić information content (AvgIpc) is 3.30. The molecule has 0 spiro atoms. The largest absolute Gasteiger partial charge is 0.322 e. The first-order valence-corrected chi connectivity index (χ1v) is 8.91. The monoisotopic (exact) mass is 383 g/mol. The van der Waals surface area contributed by atoms with Crippen LogP contribution >= 0.6 is 0 Å². The molecular weight excluding hydrogens is 366 g/mol. The lowest BCUT2D eigenvalue weighted by atomic mass is 10.1. The van der Waals surface area contributed by atoms with Gasteiger partial charge in [0, 0.05) is 36.0 Å². The number of rotatable bonds is 5. The van der Waals surface area contributed by atoms with Gasteiger partial charge in [0.2, 0.25) is 0 Å². The van der Waals surface area contributed by atoms with E-state index >= 15 is 0 Å². The van der Waals surface area contributed by atoms with Gasteiger partial charge in [0.15, 0.2) is 0 Å². The molecule has 142 valence electrons. The molecule has 0 aliphatic rings. The molecule has 2 aromatic heterocycles. The quantitative estimate of drug-likeness (QED) is 0.549. The Kier molecular flexibility index (Phi) is 5.11. The van der Waals surface area contributed by atoms with Gasteiger partial charge in [-0.3, -0.25) is 14.6 Å². The van der Waals surface area contributed by atoms with E-state index in [9.17, 15) is 9.59 Å². The number of imidazole rings is 1. The van der Waals surface area contributed by atoms with E-state index in [-0.39, 0.29) is 11.8 Å². The van der Waals surface area contributed by atoms with Crippen LogP contribution in [0.25, 0.3) is 5.69 Å². The highest BCUT2D eigenvalue weighted by Crippen LogP contribution is 2.21. The number of benzene rings is 2. The third-order valence-electron chi connectivity index (χ3n) is 4.24. The van der Waals surface area contributed by atoms with Crippen LogP contribution in [0.4, 0.5) is 11.4 Å². The first-order valence-electron chi connectivity index (χ1n) is 8.91. The van der Waals surface area contributed by atoms with Crippen molar-refractivity contribution in [3.8, 4) is 5.69 Å². The Morgan fingerprint density at radius 2 is 1.62 bits per heavy atom. The molecule has 7 nitrogen and oxygen atoms in total. The summed E-state index contributed by atoms with van der Waals surface area (Å²) in [5.41, 5.74) is 2.85. The zero-order valence-corrected chi connectivity index (χ0v) is 15.3. The number of carbonyl (C=O) groups is 2. The van der Waals surface area contributed by atoms with Gasteiger partial charge < -0.3 is 15.2 Å². The zero-order valence-electron chi connectivity index (χ0n) is 15.3. The average molecular weight is 383 g/mol. The second-order valence-electron chi connectivity index (χ2n) is 6.22. The molecule has 0 aliphatic heterocycles. The Balaban J connectivity index is 1.52. The molecule has 0 saturated carbocycles. The van der Waals surface area contributed by atoms with Crippen LogP contribution in [0.2, 0.25) is 0 Å². The van der Waals surface area contributed by atoms with Crippen molar-refractivity contribution in [3.05, 3.63) is 103 Å². The van der Waals surface area contributed by atoms with Crippen molar-refractivity contribution in [2.45, 2.75) is 0 Å². The van der Waals surface area contributed by atoms with Gasteiger partial charge in [0.25, 0.3) is 11.8 Å². The van der Waals surface area contributed by atoms with Gasteiger partial charge >= 0.3 is 0 Å². The molecule has 4 aromatic rings. The van der Waals surface area contributed by atoms with Crippen LogP contribution in [0.15, 0.2) is 91.8 Å². The summed E-state index contributed by atoms with van der Waals surface area (Å²) in [4.78, 5) is 33.1. The lowest BCUT2D eigenvalue weighted by Crippen LogP contribution is -2.15. The lowest BCUT2D eigenvalue weighted by Gasteiger charge is -2.12. The van der Waals surface area contributed by atoms with Crippen LogP contribution in [-0.2, 0) is 0 Å². The Hall–Kier alpha value is -4.26. The highest BCUT2D eigenvalue weighted by atomic mass is 16.2. The fourth-order valence-electron chi connectivity index (χ4n) is 2.84. The predicted octanol–water partition coefficient (Wildman–Crippen LogP) is 3.77. The number of nitrogens with zero attached hydrogens (tertiary/aromatic N) is 3. The maximum Gasteiger partial charge on any atom is 0.257 e. The third-order valence-corrected chi connectivity index (χ3v) is 4.24. The molecule has 0 unspecified atom stereocenters. The van der Waals surface area contributed by atoms with Crippen molar-refractivity contribution in [2.24, 2.45) is 0 Å². The van der Waals surface area contributed by atoms with Crippen LogP contribution in [0.5, 0.6) is 0 Å². The van der Waals surface area contributed by atoms with Gasteiger partial charge in [-0.25, -0.2) is 4.98 Å². The van der Waals surface area contributed by atoms with E-state index in [1.54, 1.807) is 61.3 Å². The Morgan fingerprint density at radius 1 is 0.793 bits per heavy atom. The zero-order chi connectivity index (χ0) is 20.1. The number of amides is 2. The van der Waals surface area contributed by atoms with Crippen LogP contribution in [0.3, 0.4) is 0 Å². The van der Waals surface area contributed by atoms with Gasteiger partial charge in [-0.05, 0) is 42.5 Å². The van der Waals surface area contributed by atoms with E-state index in [0.717, 1.165) is 5.69 Å². The fraction of sp³-hybridized carbons (Fsp3) is 0. The summed E-state index contributed by atoms with van der Waals surface area (Å²) in [5.74, 6) is -0.573. The number of hydrogen-bond donors (Lipinski definition) is 2. The molecule has 2 aromatic carbocycles. The van der Waals surface area contributed by atoms with Crippen molar-refractivity contribution in [3.63, 3.8) is 0 Å². The summed E-state index contributed by atoms with van der Waals surface area (Å²) in [6, 6.07) is 17.6. The van der Waals surface area contributed by atoms with Crippen molar-refractivity contribution in [1.29, 1.82) is 0 Å². The Labute approximate surface area is 167 Å². The van der Waals surface area contributed by atoms with Crippen LogP contribution < -0.4 is 10.6 Å². The summed E-state index contributed by atoms with van der Waals surface area (Å²) >= 11 is 0. The molecule has 0 atom stereocenters. The van der Waals surface area contributed by atoms with Crippen LogP contribution in [0, 0.1) is 0 Å². The molecule has 0 saturated heterocycles. The summed E-state index contributed by atoms with van der Waals surface area (Å²) in [6.45, 7) is 0. The van der Waals surface area contributed by atoms with Gasteiger partial charge in [0.1, 0.15) is 0 Å². The molecule has 0 fully saturated rings. The minimum absolute atomic E-state index is 0.282. The highest BCUT2D eigenvalue weighted by molar-refractivity contribution is 6.07. The van der Waals surface area contributed by atoms with Gasteiger partial charge in [0.05, 0.1) is 23.3 Å². The third kappa shape index (κ3) is 4.19. The summed E-state index contributed by atoms with van der Waals surface area (Å²) < 4.78 is 1.82. The van der Waals surface area contributed by atoms with E-state index in [4.69, 9.17) is 0 Å². The molecule has 0 radical (unpaired) electrons. The molecule has 29 heavy (non-hydrogen) atoms. The minimum Gasteiger partial charge on any atom is -0.322 e. The molecule has 2 N–H and O–H groups in total. The number of para-hydroxylation sites is 2. The fourth-order valence-corrected chi connectivity index (χ4v) is 2.84. The Morgan fingerprint density at radius 3 is 2.41 bits per heavy atom. The normalized spacial score (nSPS) is 10.3. The SMILES string of the molecule is O=C(Nc1cccc(C(=O)Nc2ccccc2-n2ccnc2)c1)c1cccnc1. The van der Waals surface area contributed by atoms with E-state index in [0.29, 0.717) is 22.5 Å². The van der Waals surface area contributed by atoms with Crippen molar-refractivity contribution in [1.82, 2.24) is 14.5 Å². The standard InChI is InChI=1S/C22H17N5O2/c28-21(26-19-8-1-2-9-20(19)27-12-11-24-15-27)16-5-3-7-18(13-16)25-22(29)17-6-4-10-23-14-17/h1-15H,(H,25,29)(H,26,28). The molecule has 4 rings (SSSR count). The van der Waals surface area contributed by atoms with Gasteiger partial charge in [-0.1, -0.05) is 18.2 Å². The maximum atomic E-state index is 12.8. The predicted molar refractivity (Wildman–Crippen MR) is 110 cm³/mol. The first kappa shape index (κ1) is 18.1.